The molecule has 3 rings (SSSR count). The highest BCUT2D eigenvalue weighted by atomic mass is 16.2. The van der Waals surface area contributed by atoms with Gasteiger partial charge in [0, 0.05) is 17.8 Å². The predicted octanol–water partition coefficient (Wildman–Crippen LogP) is 4.01. The van der Waals surface area contributed by atoms with E-state index in [1.165, 1.54) is 5.56 Å². The molecule has 0 saturated heterocycles. The topological polar surface area (TPSA) is 49.4 Å². The Kier molecular flexibility index (Phi) is 5.17. The molecule has 1 heterocycles. The number of nitrogens with one attached hydrogen (secondary N) is 1. The minimum absolute atomic E-state index is 0.0504. The van der Waals surface area contributed by atoms with Crippen molar-refractivity contribution in [2.45, 2.75) is 45.7 Å². The molecular weight excluding hydrogens is 312 g/mol. The van der Waals surface area contributed by atoms with Gasteiger partial charge >= 0.3 is 0 Å². The van der Waals surface area contributed by atoms with Crippen molar-refractivity contribution < 1.29 is 9.59 Å². The molecule has 25 heavy (non-hydrogen) atoms. The summed E-state index contributed by atoms with van der Waals surface area (Å²) in [6.07, 6.45) is 2.46. The van der Waals surface area contributed by atoms with Crippen LogP contribution >= 0.6 is 0 Å². The van der Waals surface area contributed by atoms with Crippen molar-refractivity contribution in [1.82, 2.24) is 4.90 Å². The molecule has 0 fully saturated rings. The first kappa shape index (κ1) is 17.2. The van der Waals surface area contributed by atoms with Crippen molar-refractivity contribution in [2.24, 2.45) is 0 Å². The molecule has 1 atom stereocenters. The number of hydrogen-bond donors (Lipinski definition) is 1. The van der Waals surface area contributed by atoms with E-state index in [-0.39, 0.29) is 11.8 Å². The Morgan fingerprint density at radius 3 is 2.48 bits per heavy atom. The van der Waals surface area contributed by atoms with Crippen molar-refractivity contribution in [2.75, 3.05) is 5.32 Å². The van der Waals surface area contributed by atoms with Crippen molar-refractivity contribution in [3.05, 3.63) is 65.2 Å². The monoisotopic (exact) mass is 336 g/mol. The molecule has 1 N–H and O–H groups in total. The number of amides is 2. The van der Waals surface area contributed by atoms with Gasteiger partial charge in [-0.3, -0.25) is 9.59 Å². The van der Waals surface area contributed by atoms with Gasteiger partial charge in [0.05, 0.1) is 0 Å². The van der Waals surface area contributed by atoms with Crippen LogP contribution in [0.1, 0.15) is 48.2 Å². The molecule has 0 bridgehead atoms. The van der Waals surface area contributed by atoms with Crippen molar-refractivity contribution in [3.63, 3.8) is 0 Å². The molecule has 2 aromatic carbocycles. The number of carbonyl (C=O) groups is 2. The quantitative estimate of drug-likeness (QED) is 0.866. The van der Waals surface area contributed by atoms with Gasteiger partial charge in [-0.15, -0.1) is 0 Å². The second-order valence-corrected chi connectivity index (χ2v) is 6.43. The zero-order valence-electron chi connectivity index (χ0n) is 14.8. The van der Waals surface area contributed by atoms with Crippen molar-refractivity contribution in [3.8, 4) is 0 Å². The van der Waals surface area contributed by atoms with Crippen LogP contribution in [0.4, 0.5) is 5.69 Å². The van der Waals surface area contributed by atoms with Crippen LogP contribution in [0.25, 0.3) is 0 Å². The van der Waals surface area contributed by atoms with Crippen molar-refractivity contribution in [1.29, 1.82) is 0 Å². The number of hydrogen-bond acceptors (Lipinski definition) is 2. The molecule has 0 unspecified atom stereocenters. The lowest BCUT2D eigenvalue weighted by Crippen LogP contribution is -2.44. The summed E-state index contributed by atoms with van der Waals surface area (Å²) in [5, 5.41) is 2.97. The first-order chi connectivity index (χ1) is 12.1. The fraction of sp³-hybridized carbons (Fsp3) is 0.333. The smallest absolute Gasteiger partial charge is 0.255 e. The third-order valence-electron chi connectivity index (χ3n) is 4.72. The maximum absolute atomic E-state index is 12.8. The summed E-state index contributed by atoms with van der Waals surface area (Å²) in [5.41, 5.74) is 3.71. The first-order valence-corrected chi connectivity index (χ1v) is 8.92. The van der Waals surface area contributed by atoms with E-state index >= 15 is 0 Å². The van der Waals surface area contributed by atoms with E-state index in [1.54, 1.807) is 4.90 Å². The van der Waals surface area contributed by atoms with Crippen LogP contribution in [0.15, 0.2) is 48.5 Å². The summed E-state index contributed by atoms with van der Waals surface area (Å²) in [4.78, 5) is 27.2. The summed E-state index contributed by atoms with van der Waals surface area (Å²) in [6, 6.07) is 15.0. The van der Waals surface area contributed by atoms with E-state index in [9.17, 15) is 9.59 Å². The average Bonchev–Trinajstić information content (AvgIpc) is 2.97. The summed E-state index contributed by atoms with van der Waals surface area (Å²) in [5.74, 6) is -0.169. The van der Waals surface area contributed by atoms with Gasteiger partial charge in [-0.1, -0.05) is 50.6 Å². The van der Waals surface area contributed by atoms with Gasteiger partial charge in [0.2, 0.25) is 5.91 Å². The number of nitrogens with zero attached hydrogens (tertiary/aromatic N) is 1. The maximum atomic E-state index is 12.8. The molecule has 1 aliphatic rings. The minimum Gasteiger partial charge on any atom is -0.324 e. The van der Waals surface area contributed by atoms with E-state index < -0.39 is 6.04 Å². The van der Waals surface area contributed by atoms with E-state index in [0.29, 0.717) is 18.5 Å². The number of benzene rings is 2. The second-order valence-electron chi connectivity index (χ2n) is 6.43. The van der Waals surface area contributed by atoms with Gasteiger partial charge in [-0.25, -0.2) is 0 Å². The molecule has 0 spiro atoms. The Morgan fingerprint density at radius 1 is 1.12 bits per heavy atom. The van der Waals surface area contributed by atoms with Crippen LogP contribution < -0.4 is 5.32 Å². The molecule has 0 aromatic heterocycles. The average molecular weight is 336 g/mol. The molecular formula is C21H24N2O2. The van der Waals surface area contributed by atoms with E-state index in [2.05, 4.69) is 12.2 Å². The summed E-state index contributed by atoms with van der Waals surface area (Å²) >= 11 is 0. The molecule has 0 radical (unpaired) electrons. The summed E-state index contributed by atoms with van der Waals surface area (Å²) in [7, 11) is 0. The van der Waals surface area contributed by atoms with Gasteiger partial charge in [-0.05, 0) is 42.2 Å². The fourth-order valence-corrected chi connectivity index (χ4v) is 3.28. The standard InChI is InChI=1S/C21H24N2O2/c1-3-7-19(20(24)22-17-12-10-15(4-2)11-13-17)23-14-16-8-5-6-9-18(16)21(23)25/h5-6,8-13,19H,3-4,7,14H2,1-2H3,(H,22,24)/t19-/m1/s1. The van der Waals surface area contributed by atoms with E-state index in [0.717, 1.165) is 24.1 Å². The van der Waals surface area contributed by atoms with Gasteiger partial charge in [0.25, 0.3) is 5.91 Å². The predicted molar refractivity (Wildman–Crippen MR) is 99.5 cm³/mol. The highest BCUT2D eigenvalue weighted by Crippen LogP contribution is 2.26. The normalized spacial score (nSPS) is 14.3. The fourth-order valence-electron chi connectivity index (χ4n) is 3.28. The Morgan fingerprint density at radius 2 is 1.84 bits per heavy atom. The molecule has 1 aliphatic heterocycles. The Bertz CT molecular complexity index is 768. The molecule has 0 aliphatic carbocycles. The lowest BCUT2D eigenvalue weighted by Gasteiger charge is -2.26. The lowest BCUT2D eigenvalue weighted by atomic mass is 10.1. The van der Waals surface area contributed by atoms with Crippen molar-refractivity contribution >= 4 is 17.5 Å². The van der Waals surface area contributed by atoms with E-state index in [1.807, 2.05) is 55.5 Å². The Hall–Kier alpha value is -2.62. The molecule has 130 valence electrons. The van der Waals surface area contributed by atoms with Crippen LogP contribution in [0.3, 0.4) is 0 Å². The molecule has 0 saturated carbocycles. The van der Waals surface area contributed by atoms with Gasteiger partial charge < -0.3 is 10.2 Å². The minimum atomic E-state index is -0.448. The second kappa shape index (κ2) is 7.51. The molecule has 4 nitrogen and oxygen atoms in total. The third-order valence-corrected chi connectivity index (χ3v) is 4.72. The number of fused-ring (bicyclic) bond motifs is 1. The SMILES string of the molecule is CCC[C@H](C(=O)Nc1ccc(CC)cc1)N1Cc2ccccc2C1=O. The van der Waals surface area contributed by atoms with Crippen LogP contribution in [-0.4, -0.2) is 22.8 Å². The van der Waals surface area contributed by atoms with Crippen LogP contribution in [0, 0.1) is 0 Å². The highest BCUT2D eigenvalue weighted by Gasteiger charge is 2.35. The zero-order chi connectivity index (χ0) is 17.8. The van der Waals surface area contributed by atoms with E-state index in [4.69, 9.17) is 0 Å². The maximum Gasteiger partial charge on any atom is 0.255 e. The zero-order valence-corrected chi connectivity index (χ0v) is 14.8. The molecule has 2 amide bonds. The van der Waals surface area contributed by atoms with Crippen LogP contribution in [-0.2, 0) is 17.8 Å². The van der Waals surface area contributed by atoms with Gasteiger partial charge in [0.1, 0.15) is 6.04 Å². The Labute approximate surface area is 148 Å². The third kappa shape index (κ3) is 3.58. The Balaban J connectivity index is 1.76. The van der Waals surface area contributed by atoms with Gasteiger partial charge in [0.15, 0.2) is 0 Å². The van der Waals surface area contributed by atoms with Gasteiger partial charge in [-0.2, -0.15) is 0 Å². The van der Waals surface area contributed by atoms with Crippen LogP contribution in [0.2, 0.25) is 0 Å². The number of anilines is 1. The molecule has 2 aromatic rings. The number of rotatable bonds is 6. The lowest BCUT2D eigenvalue weighted by molar-refractivity contribution is -0.120. The largest absolute Gasteiger partial charge is 0.324 e. The van der Waals surface area contributed by atoms with Crippen LogP contribution in [0.5, 0.6) is 0 Å². The summed E-state index contributed by atoms with van der Waals surface area (Å²) in [6.45, 7) is 4.63. The number of carbonyl (C=O) groups excluding carboxylic acids is 2. The number of aryl methyl sites for hydroxylation is 1. The highest BCUT2D eigenvalue weighted by molar-refractivity contribution is 6.03. The molecule has 4 heteroatoms. The summed E-state index contributed by atoms with van der Waals surface area (Å²) < 4.78 is 0. The first-order valence-electron chi connectivity index (χ1n) is 8.92.